The van der Waals surface area contributed by atoms with Crippen molar-refractivity contribution in [1.82, 2.24) is 15.0 Å². The van der Waals surface area contributed by atoms with Crippen LogP contribution < -0.4 is 0 Å². The van der Waals surface area contributed by atoms with Crippen molar-refractivity contribution in [3.05, 3.63) is 82.8 Å². The number of nitrogens with zero attached hydrogens (tertiary/aromatic N) is 4. The van der Waals surface area contributed by atoms with E-state index in [4.69, 9.17) is 9.78 Å². The Hall–Kier alpha value is -3.53. The molecule has 7 heteroatoms. The van der Waals surface area contributed by atoms with E-state index in [2.05, 4.69) is 16.2 Å². The standard InChI is InChI=1S/C23H21FN4O2/c24-20-6-4-16(5-7-20)13-21-26-23(30-27-21)19-8-10-28(11-9-19)22(29)14-17-2-1-3-18(12-17)15-25/h1-7,12,19H,8-11,13-14H2. The maximum absolute atomic E-state index is 13.0. The third-order valence-corrected chi connectivity index (χ3v) is 5.37. The largest absolute Gasteiger partial charge is 0.342 e. The lowest BCUT2D eigenvalue weighted by molar-refractivity contribution is -0.131. The van der Waals surface area contributed by atoms with Crippen LogP contribution in [0.2, 0.25) is 0 Å². The quantitative estimate of drug-likeness (QED) is 0.649. The van der Waals surface area contributed by atoms with Gasteiger partial charge >= 0.3 is 0 Å². The van der Waals surface area contributed by atoms with Gasteiger partial charge in [-0.15, -0.1) is 0 Å². The molecule has 6 nitrogen and oxygen atoms in total. The van der Waals surface area contributed by atoms with Crippen molar-refractivity contribution in [2.45, 2.75) is 31.6 Å². The summed E-state index contributed by atoms with van der Waals surface area (Å²) in [5.74, 6) is 1.09. The van der Waals surface area contributed by atoms with Crippen LogP contribution in [0.25, 0.3) is 0 Å². The van der Waals surface area contributed by atoms with E-state index >= 15 is 0 Å². The molecule has 0 spiro atoms. The maximum Gasteiger partial charge on any atom is 0.229 e. The number of hydrogen-bond acceptors (Lipinski definition) is 5. The Kier molecular flexibility index (Phi) is 5.84. The maximum atomic E-state index is 13.0. The van der Waals surface area contributed by atoms with E-state index in [0.717, 1.165) is 24.0 Å². The third kappa shape index (κ3) is 4.71. The van der Waals surface area contributed by atoms with E-state index in [9.17, 15) is 9.18 Å². The first-order chi connectivity index (χ1) is 14.6. The summed E-state index contributed by atoms with van der Waals surface area (Å²) in [5, 5.41) is 13.0. The summed E-state index contributed by atoms with van der Waals surface area (Å²) in [5.41, 5.74) is 2.33. The lowest BCUT2D eigenvalue weighted by Crippen LogP contribution is -2.38. The van der Waals surface area contributed by atoms with Crippen LogP contribution >= 0.6 is 0 Å². The highest BCUT2D eigenvalue weighted by molar-refractivity contribution is 5.79. The molecule has 1 aliphatic heterocycles. The van der Waals surface area contributed by atoms with Gasteiger partial charge in [-0.2, -0.15) is 10.2 Å². The van der Waals surface area contributed by atoms with E-state index < -0.39 is 0 Å². The van der Waals surface area contributed by atoms with Gasteiger partial charge in [0.2, 0.25) is 11.8 Å². The van der Waals surface area contributed by atoms with Crippen LogP contribution in [0.3, 0.4) is 0 Å². The van der Waals surface area contributed by atoms with Gasteiger partial charge in [0, 0.05) is 25.4 Å². The number of likely N-dealkylation sites (tertiary alicyclic amines) is 1. The zero-order valence-electron chi connectivity index (χ0n) is 16.4. The van der Waals surface area contributed by atoms with Gasteiger partial charge in [0.15, 0.2) is 5.82 Å². The molecule has 1 aliphatic rings. The van der Waals surface area contributed by atoms with Crippen LogP contribution in [0.5, 0.6) is 0 Å². The van der Waals surface area contributed by atoms with Gasteiger partial charge in [0.25, 0.3) is 0 Å². The van der Waals surface area contributed by atoms with Crippen LogP contribution in [-0.2, 0) is 17.6 Å². The Morgan fingerprint density at radius 1 is 1.17 bits per heavy atom. The van der Waals surface area contributed by atoms with Crippen LogP contribution in [0.15, 0.2) is 53.1 Å². The molecule has 0 saturated carbocycles. The van der Waals surface area contributed by atoms with E-state index in [1.807, 2.05) is 11.0 Å². The van der Waals surface area contributed by atoms with Gasteiger partial charge in [-0.1, -0.05) is 29.4 Å². The lowest BCUT2D eigenvalue weighted by Gasteiger charge is -2.30. The fourth-order valence-electron chi connectivity index (χ4n) is 3.70. The topological polar surface area (TPSA) is 83.0 Å². The minimum absolute atomic E-state index is 0.0612. The fourth-order valence-corrected chi connectivity index (χ4v) is 3.70. The SMILES string of the molecule is N#Cc1cccc(CC(=O)N2CCC(c3nc(Cc4ccc(F)cc4)no3)CC2)c1. The molecule has 0 bridgehead atoms. The highest BCUT2D eigenvalue weighted by atomic mass is 19.1. The number of rotatable bonds is 5. The number of benzene rings is 2. The number of halogens is 1. The summed E-state index contributed by atoms with van der Waals surface area (Å²) in [6.07, 6.45) is 2.32. The number of carbonyl (C=O) groups excluding carboxylic acids is 1. The minimum Gasteiger partial charge on any atom is -0.342 e. The Morgan fingerprint density at radius 2 is 1.93 bits per heavy atom. The molecular weight excluding hydrogens is 383 g/mol. The van der Waals surface area contributed by atoms with Crippen molar-refractivity contribution in [2.75, 3.05) is 13.1 Å². The zero-order chi connectivity index (χ0) is 20.9. The van der Waals surface area contributed by atoms with E-state index in [1.54, 1.807) is 30.3 Å². The summed E-state index contributed by atoms with van der Waals surface area (Å²) >= 11 is 0. The zero-order valence-corrected chi connectivity index (χ0v) is 16.4. The molecule has 1 saturated heterocycles. The van der Waals surface area contributed by atoms with Crippen LogP contribution in [0, 0.1) is 17.1 Å². The summed E-state index contributed by atoms with van der Waals surface area (Å²) in [4.78, 5) is 19.0. The summed E-state index contributed by atoms with van der Waals surface area (Å²) < 4.78 is 18.5. The summed E-state index contributed by atoms with van der Waals surface area (Å²) in [6.45, 7) is 1.27. The summed E-state index contributed by atoms with van der Waals surface area (Å²) in [7, 11) is 0. The minimum atomic E-state index is -0.272. The number of carbonyl (C=O) groups is 1. The molecule has 2 heterocycles. The van der Waals surface area contributed by atoms with Crippen molar-refractivity contribution in [1.29, 1.82) is 5.26 Å². The fraction of sp³-hybridized carbons (Fsp3) is 0.304. The molecule has 0 unspecified atom stereocenters. The van der Waals surface area contributed by atoms with Gasteiger partial charge in [0.05, 0.1) is 18.1 Å². The molecule has 1 amide bonds. The third-order valence-electron chi connectivity index (χ3n) is 5.37. The van der Waals surface area contributed by atoms with Crippen molar-refractivity contribution < 1.29 is 13.7 Å². The second-order valence-corrected chi connectivity index (χ2v) is 7.50. The average Bonchev–Trinajstić information content (AvgIpc) is 3.24. The van der Waals surface area contributed by atoms with Gasteiger partial charge in [0.1, 0.15) is 5.82 Å². The normalized spacial score (nSPS) is 14.5. The summed E-state index contributed by atoms with van der Waals surface area (Å²) in [6, 6.07) is 15.5. The Labute approximate surface area is 173 Å². The molecule has 30 heavy (non-hydrogen) atoms. The molecule has 152 valence electrons. The predicted octanol–water partition coefficient (Wildman–Crippen LogP) is 3.62. The molecule has 3 aromatic rings. The molecular formula is C23H21FN4O2. The van der Waals surface area contributed by atoms with Crippen molar-refractivity contribution in [3.8, 4) is 6.07 Å². The molecule has 2 aromatic carbocycles. The Balaban J connectivity index is 1.31. The van der Waals surface area contributed by atoms with Crippen molar-refractivity contribution >= 4 is 5.91 Å². The van der Waals surface area contributed by atoms with E-state index in [-0.39, 0.29) is 17.6 Å². The predicted molar refractivity (Wildman–Crippen MR) is 107 cm³/mol. The van der Waals surface area contributed by atoms with Gasteiger partial charge in [-0.25, -0.2) is 4.39 Å². The second-order valence-electron chi connectivity index (χ2n) is 7.50. The number of nitriles is 1. The molecule has 1 aromatic heterocycles. The Bertz CT molecular complexity index is 1060. The first-order valence-corrected chi connectivity index (χ1v) is 9.94. The lowest BCUT2D eigenvalue weighted by atomic mass is 9.96. The van der Waals surface area contributed by atoms with Crippen LogP contribution in [0.4, 0.5) is 4.39 Å². The molecule has 4 rings (SSSR count). The smallest absolute Gasteiger partial charge is 0.229 e. The van der Waals surface area contributed by atoms with Gasteiger partial charge in [-0.05, 0) is 48.2 Å². The second kappa shape index (κ2) is 8.87. The molecule has 0 atom stereocenters. The van der Waals surface area contributed by atoms with Crippen molar-refractivity contribution in [2.24, 2.45) is 0 Å². The van der Waals surface area contributed by atoms with Crippen LogP contribution in [-0.4, -0.2) is 34.0 Å². The number of hydrogen-bond donors (Lipinski definition) is 0. The average molecular weight is 404 g/mol. The number of piperidine rings is 1. The van der Waals surface area contributed by atoms with Gasteiger partial charge < -0.3 is 9.42 Å². The molecule has 0 radical (unpaired) electrons. The number of amides is 1. The molecule has 1 fully saturated rings. The first-order valence-electron chi connectivity index (χ1n) is 9.94. The Morgan fingerprint density at radius 3 is 2.67 bits per heavy atom. The highest BCUT2D eigenvalue weighted by Gasteiger charge is 2.27. The van der Waals surface area contributed by atoms with E-state index in [0.29, 0.717) is 43.2 Å². The first kappa shape index (κ1) is 19.8. The molecule has 0 aliphatic carbocycles. The number of aromatic nitrogens is 2. The van der Waals surface area contributed by atoms with Crippen LogP contribution in [0.1, 0.15) is 47.2 Å². The monoisotopic (exact) mass is 404 g/mol. The van der Waals surface area contributed by atoms with Crippen molar-refractivity contribution in [3.63, 3.8) is 0 Å². The van der Waals surface area contributed by atoms with Gasteiger partial charge in [-0.3, -0.25) is 4.79 Å². The molecule has 0 N–H and O–H groups in total. The highest BCUT2D eigenvalue weighted by Crippen LogP contribution is 2.27. The van der Waals surface area contributed by atoms with E-state index in [1.165, 1.54) is 12.1 Å².